The number of carbonyl (C=O) groups excluding carboxylic acids is 1. The second kappa shape index (κ2) is 5.22. The Bertz CT molecular complexity index is 665. The van der Waals surface area contributed by atoms with Gasteiger partial charge in [0.25, 0.3) is 5.69 Å². The van der Waals surface area contributed by atoms with Gasteiger partial charge in [-0.25, -0.2) is 4.79 Å². The van der Waals surface area contributed by atoms with Crippen LogP contribution in [-0.4, -0.2) is 34.6 Å². The van der Waals surface area contributed by atoms with E-state index in [4.69, 9.17) is 4.74 Å². The number of nitrogens with zero attached hydrogens (tertiary/aromatic N) is 2. The van der Waals surface area contributed by atoms with Crippen LogP contribution in [-0.2, 0) is 17.6 Å². The van der Waals surface area contributed by atoms with E-state index in [9.17, 15) is 14.9 Å². The largest absolute Gasteiger partial charge is 0.444 e. The Morgan fingerprint density at radius 3 is 2.65 bits per heavy atom. The quantitative estimate of drug-likeness (QED) is 0.588. The first kappa shape index (κ1) is 15.8. The Hall–Kier alpha value is -2.11. The zero-order valence-corrected chi connectivity index (χ0v) is 13.8. The molecular weight excluding hydrogens is 296 g/mol. The van der Waals surface area contributed by atoms with Gasteiger partial charge in [-0.1, -0.05) is 6.07 Å². The number of amides is 1. The summed E-state index contributed by atoms with van der Waals surface area (Å²) in [6, 6.07) is 5.11. The van der Waals surface area contributed by atoms with Gasteiger partial charge in [0.2, 0.25) is 0 Å². The maximum absolute atomic E-state index is 12.2. The number of carbonyl (C=O) groups is 1. The van der Waals surface area contributed by atoms with E-state index < -0.39 is 5.60 Å². The first-order chi connectivity index (χ1) is 10.7. The Balaban J connectivity index is 1.72. The van der Waals surface area contributed by atoms with Gasteiger partial charge >= 0.3 is 6.09 Å². The summed E-state index contributed by atoms with van der Waals surface area (Å²) >= 11 is 0. The molecule has 0 N–H and O–H groups in total. The van der Waals surface area contributed by atoms with Gasteiger partial charge in [-0.2, -0.15) is 0 Å². The van der Waals surface area contributed by atoms with E-state index in [1.165, 1.54) is 5.56 Å². The number of ether oxygens (including phenoxy) is 1. The van der Waals surface area contributed by atoms with Gasteiger partial charge in [0.15, 0.2) is 0 Å². The first-order valence-corrected chi connectivity index (χ1v) is 7.92. The number of nitro benzene ring substituents is 1. The summed E-state index contributed by atoms with van der Waals surface area (Å²) in [7, 11) is 0. The summed E-state index contributed by atoms with van der Waals surface area (Å²) < 4.78 is 5.45. The number of rotatable bonds is 1. The Morgan fingerprint density at radius 2 is 2.00 bits per heavy atom. The van der Waals surface area contributed by atoms with Gasteiger partial charge in [0.1, 0.15) is 5.60 Å². The minimum atomic E-state index is -0.494. The number of hydrogen-bond acceptors (Lipinski definition) is 4. The lowest BCUT2D eigenvalue weighted by atomic mass is 9.84. The highest BCUT2D eigenvalue weighted by atomic mass is 16.6. The minimum Gasteiger partial charge on any atom is -0.444 e. The lowest BCUT2D eigenvalue weighted by molar-refractivity contribution is -0.384. The van der Waals surface area contributed by atoms with Crippen molar-refractivity contribution in [1.29, 1.82) is 0 Å². The van der Waals surface area contributed by atoms with Crippen LogP contribution in [0.25, 0.3) is 0 Å². The van der Waals surface area contributed by atoms with Crippen LogP contribution in [0.1, 0.15) is 38.3 Å². The molecule has 0 saturated carbocycles. The average molecular weight is 318 g/mol. The van der Waals surface area contributed by atoms with Crippen molar-refractivity contribution in [3.63, 3.8) is 0 Å². The van der Waals surface area contributed by atoms with Crippen LogP contribution in [0.15, 0.2) is 18.2 Å². The standard InChI is InChI=1S/C17H22N2O4/c1-16(2,3)23-15(20)18-7-6-17(11-18)9-12-4-5-14(19(21)22)8-13(12)10-17/h4-5,8H,6-7,9-11H2,1-3H3. The summed E-state index contributed by atoms with van der Waals surface area (Å²) in [5, 5.41) is 10.9. The SMILES string of the molecule is CC(C)(C)OC(=O)N1CCC2(Cc3ccc([N+](=O)[O-])cc3C2)C1. The van der Waals surface area contributed by atoms with Gasteiger partial charge in [0, 0.05) is 25.2 Å². The molecule has 1 spiro atoms. The van der Waals surface area contributed by atoms with Crippen LogP contribution in [0.5, 0.6) is 0 Å². The molecule has 0 radical (unpaired) electrons. The van der Waals surface area contributed by atoms with Gasteiger partial charge in [-0.15, -0.1) is 0 Å². The fraction of sp³-hybridized carbons (Fsp3) is 0.588. The van der Waals surface area contributed by atoms with Crippen molar-refractivity contribution >= 4 is 11.8 Å². The monoisotopic (exact) mass is 318 g/mol. The summed E-state index contributed by atoms with van der Waals surface area (Å²) in [5.74, 6) is 0. The smallest absolute Gasteiger partial charge is 0.410 e. The number of nitro groups is 1. The molecule has 0 bridgehead atoms. The second-order valence-corrected chi connectivity index (χ2v) is 7.72. The van der Waals surface area contributed by atoms with E-state index in [0.29, 0.717) is 13.1 Å². The maximum atomic E-state index is 12.2. The van der Waals surface area contributed by atoms with Crippen molar-refractivity contribution < 1.29 is 14.5 Å². The van der Waals surface area contributed by atoms with Crippen molar-refractivity contribution in [2.75, 3.05) is 13.1 Å². The highest BCUT2D eigenvalue weighted by molar-refractivity contribution is 5.68. The number of benzene rings is 1. The van der Waals surface area contributed by atoms with Gasteiger partial charge < -0.3 is 9.64 Å². The second-order valence-electron chi connectivity index (χ2n) is 7.72. The number of non-ortho nitro benzene ring substituents is 1. The fourth-order valence-corrected chi connectivity index (χ4v) is 3.64. The zero-order chi connectivity index (χ0) is 16.8. The van der Waals surface area contributed by atoms with Crippen LogP contribution < -0.4 is 0 Å². The third-order valence-corrected chi connectivity index (χ3v) is 4.62. The molecule has 1 aliphatic carbocycles. The van der Waals surface area contributed by atoms with E-state index in [1.807, 2.05) is 26.8 Å². The van der Waals surface area contributed by atoms with E-state index in [1.54, 1.807) is 17.0 Å². The molecule has 124 valence electrons. The molecule has 6 heteroatoms. The maximum Gasteiger partial charge on any atom is 0.410 e. The summed E-state index contributed by atoms with van der Waals surface area (Å²) in [6.07, 6.45) is 2.31. The average Bonchev–Trinajstić information content (AvgIpc) is 2.99. The Labute approximate surface area is 135 Å². The molecule has 6 nitrogen and oxygen atoms in total. The number of fused-ring (bicyclic) bond motifs is 1. The predicted molar refractivity (Wildman–Crippen MR) is 85.4 cm³/mol. The highest BCUT2D eigenvalue weighted by Crippen LogP contribution is 2.44. The van der Waals surface area contributed by atoms with Crippen LogP contribution >= 0.6 is 0 Å². The van der Waals surface area contributed by atoms with Crippen molar-refractivity contribution in [2.24, 2.45) is 5.41 Å². The highest BCUT2D eigenvalue weighted by Gasteiger charge is 2.45. The Morgan fingerprint density at radius 1 is 1.30 bits per heavy atom. The third kappa shape index (κ3) is 3.16. The molecule has 1 unspecified atom stereocenters. The molecule has 1 amide bonds. The van der Waals surface area contributed by atoms with Crippen molar-refractivity contribution in [3.05, 3.63) is 39.4 Å². The van der Waals surface area contributed by atoms with Crippen LogP contribution in [0.4, 0.5) is 10.5 Å². The number of likely N-dealkylation sites (tertiary alicyclic amines) is 1. The fourth-order valence-electron chi connectivity index (χ4n) is 3.64. The third-order valence-electron chi connectivity index (χ3n) is 4.62. The molecule has 1 aliphatic heterocycles. The molecular formula is C17H22N2O4. The van der Waals surface area contributed by atoms with E-state index in [-0.39, 0.29) is 22.1 Å². The van der Waals surface area contributed by atoms with E-state index >= 15 is 0 Å². The van der Waals surface area contributed by atoms with Crippen LogP contribution in [0, 0.1) is 15.5 Å². The molecule has 23 heavy (non-hydrogen) atoms. The first-order valence-electron chi connectivity index (χ1n) is 7.92. The van der Waals surface area contributed by atoms with Gasteiger partial charge in [-0.3, -0.25) is 10.1 Å². The molecule has 1 aromatic carbocycles. The molecule has 1 fully saturated rings. The lowest BCUT2D eigenvalue weighted by Gasteiger charge is -2.26. The zero-order valence-electron chi connectivity index (χ0n) is 13.8. The molecule has 1 atom stereocenters. The lowest BCUT2D eigenvalue weighted by Crippen LogP contribution is -2.37. The van der Waals surface area contributed by atoms with Gasteiger partial charge in [-0.05, 0) is 56.6 Å². The molecule has 2 aliphatic rings. The molecule has 3 rings (SSSR count). The topological polar surface area (TPSA) is 72.7 Å². The van der Waals surface area contributed by atoms with Crippen LogP contribution in [0.3, 0.4) is 0 Å². The van der Waals surface area contributed by atoms with Crippen molar-refractivity contribution in [2.45, 2.75) is 45.6 Å². The summed E-state index contributed by atoms with van der Waals surface area (Å²) in [5.41, 5.74) is 1.87. The Kier molecular flexibility index (Phi) is 3.58. The normalized spacial score (nSPS) is 23.2. The molecule has 0 aromatic heterocycles. The van der Waals surface area contributed by atoms with Crippen LogP contribution in [0.2, 0.25) is 0 Å². The predicted octanol–water partition coefficient (Wildman–Crippen LogP) is 3.32. The van der Waals surface area contributed by atoms with Crippen molar-refractivity contribution in [1.82, 2.24) is 4.90 Å². The van der Waals surface area contributed by atoms with E-state index in [0.717, 1.165) is 24.8 Å². The molecule has 1 aromatic rings. The van der Waals surface area contributed by atoms with E-state index in [2.05, 4.69) is 0 Å². The molecule has 1 saturated heterocycles. The van der Waals surface area contributed by atoms with Crippen molar-refractivity contribution in [3.8, 4) is 0 Å². The summed E-state index contributed by atoms with van der Waals surface area (Å²) in [6.45, 7) is 6.93. The summed E-state index contributed by atoms with van der Waals surface area (Å²) in [4.78, 5) is 24.6. The number of hydrogen-bond donors (Lipinski definition) is 0. The minimum absolute atomic E-state index is 0.00839. The molecule has 1 heterocycles. The van der Waals surface area contributed by atoms with Gasteiger partial charge in [0.05, 0.1) is 4.92 Å².